The summed E-state index contributed by atoms with van der Waals surface area (Å²) in [6.07, 6.45) is 3.89. The van der Waals surface area contributed by atoms with Gasteiger partial charge in [0.15, 0.2) is 5.96 Å². The molecule has 1 fully saturated rings. The summed E-state index contributed by atoms with van der Waals surface area (Å²) in [7, 11) is 0. The normalized spacial score (nSPS) is 15.1. The lowest BCUT2D eigenvalue weighted by Gasteiger charge is -2.26. The minimum Gasteiger partial charge on any atom is -0.370 e. The van der Waals surface area contributed by atoms with E-state index in [4.69, 9.17) is 5.73 Å². The standard InChI is InChI=1S/C18H28N4O.HI/c1-14(2)15-7-6-8-16(13-15)21-18(19)20-10-9-17(23)22-11-4-3-5-12-22;/h6-8,13-14H,3-5,9-12H2,1-2H3,(H3,19,20,21);1H. The first-order valence-corrected chi connectivity index (χ1v) is 8.51. The molecule has 0 radical (unpaired) electrons. The molecule has 1 aromatic carbocycles. The van der Waals surface area contributed by atoms with Crippen LogP contribution >= 0.6 is 24.0 Å². The van der Waals surface area contributed by atoms with E-state index >= 15 is 0 Å². The van der Waals surface area contributed by atoms with Gasteiger partial charge < -0.3 is 16.0 Å². The van der Waals surface area contributed by atoms with Crippen molar-refractivity contribution in [3.05, 3.63) is 29.8 Å². The van der Waals surface area contributed by atoms with E-state index in [1.54, 1.807) is 0 Å². The summed E-state index contributed by atoms with van der Waals surface area (Å²) >= 11 is 0. The number of amides is 1. The van der Waals surface area contributed by atoms with Crippen LogP contribution in [-0.4, -0.2) is 36.4 Å². The van der Waals surface area contributed by atoms with E-state index in [1.165, 1.54) is 12.0 Å². The molecule has 0 spiro atoms. The third-order valence-corrected chi connectivity index (χ3v) is 4.14. The molecule has 0 aromatic heterocycles. The third-order valence-electron chi connectivity index (χ3n) is 4.14. The maximum absolute atomic E-state index is 12.1. The Hall–Kier alpha value is -1.31. The fourth-order valence-corrected chi connectivity index (χ4v) is 2.74. The first-order chi connectivity index (χ1) is 11.1. The summed E-state index contributed by atoms with van der Waals surface area (Å²) in [6.45, 7) is 6.51. The fraction of sp³-hybridized carbons (Fsp3) is 0.556. The molecular formula is C18H29IN4O. The number of guanidine groups is 1. The molecule has 1 saturated heterocycles. The number of carbonyl (C=O) groups is 1. The molecule has 6 heteroatoms. The Morgan fingerprint density at radius 2 is 2.00 bits per heavy atom. The highest BCUT2D eigenvalue weighted by Crippen LogP contribution is 2.18. The van der Waals surface area contributed by atoms with Gasteiger partial charge >= 0.3 is 0 Å². The summed E-state index contributed by atoms with van der Waals surface area (Å²) in [5.74, 6) is 1.01. The van der Waals surface area contributed by atoms with Crippen molar-refractivity contribution in [2.45, 2.75) is 45.4 Å². The van der Waals surface area contributed by atoms with E-state index < -0.39 is 0 Å². The highest BCUT2D eigenvalue weighted by Gasteiger charge is 2.15. The highest BCUT2D eigenvalue weighted by atomic mass is 127. The molecule has 0 atom stereocenters. The molecule has 24 heavy (non-hydrogen) atoms. The molecule has 1 amide bonds. The number of hydrogen-bond acceptors (Lipinski definition) is 2. The minimum absolute atomic E-state index is 0. The summed E-state index contributed by atoms with van der Waals surface area (Å²) in [5, 5.41) is 3.09. The number of aliphatic imine (C=N–C) groups is 1. The molecule has 1 aliphatic rings. The summed E-state index contributed by atoms with van der Waals surface area (Å²) < 4.78 is 0. The van der Waals surface area contributed by atoms with Crippen molar-refractivity contribution >= 4 is 41.5 Å². The van der Waals surface area contributed by atoms with E-state index in [-0.39, 0.29) is 29.9 Å². The third kappa shape index (κ3) is 6.67. The van der Waals surface area contributed by atoms with Crippen LogP contribution in [-0.2, 0) is 4.79 Å². The lowest BCUT2D eigenvalue weighted by atomic mass is 10.0. The van der Waals surface area contributed by atoms with Crippen LogP contribution in [0.1, 0.15) is 51.0 Å². The quantitative estimate of drug-likeness (QED) is 0.415. The van der Waals surface area contributed by atoms with Crippen molar-refractivity contribution in [1.82, 2.24) is 4.90 Å². The zero-order valence-corrected chi connectivity index (χ0v) is 17.0. The van der Waals surface area contributed by atoms with E-state index in [0.717, 1.165) is 31.6 Å². The van der Waals surface area contributed by atoms with Crippen LogP contribution in [0.5, 0.6) is 0 Å². The minimum atomic E-state index is 0. The number of nitrogens with zero attached hydrogens (tertiary/aromatic N) is 2. The molecule has 0 aliphatic carbocycles. The number of nitrogens with one attached hydrogen (secondary N) is 1. The molecule has 134 valence electrons. The summed E-state index contributed by atoms with van der Waals surface area (Å²) in [5.41, 5.74) is 8.09. The number of nitrogens with two attached hydrogens (primary N) is 1. The molecule has 0 bridgehead atoms. The topological polar surface area (TPSA) is 70.7 Å². The van der Waals surface area contributed by atoms with Gasteiger partial charge in [0.2, 0.25) is 5.91 Å². The molecule has 0 saturated carbocycles. The number of benzene rings is 1. The maximum Gasteiger partial charge on any atom is 0.224 e. The number of piperidine rings is 1. The molecule has 5 nitrogen and oxygen atoms in total. The van der Waals surface area contributed by atoms with Gasteiger partial charge in [0, 0.05) is 25.2 Å². The monoisotopic (exact) mass is 444 g/mol. The van der Waals surface area contributed by atoms with Crippen LogP contribution in [0.3, 0.4) is 0 Å². The first kappa shape index (κ1) is 20.7. The number of likely N-dealkylation sites (tertiary alicyclic amines) is 1. The van der Waals surface area contributed by atoms with E-state index in [2.05, 4.69) is 36.3 Å². The number of rotatable bonds is 5. The van der Waals surface area contributed by atoms with E-state index in [0.29, 0.717) is 24.8 Å². The van der Waals surface area contributed by atoms with Gasteiger partial charge in [-0.2, -0.15) is 0 Å². The van der Waals surface area contributed by atoms with Gasteiger partial charge in [-0.1, -0.05) is 26.0 Å². The predicted molar refractivity (Wildman–Crippen MR) is 111 cm³/mol. The SMILES string of the molecule is CC(C)c1cccc(NC(N)=NCCC(=O)N2CCCCC2)c1.I. The number of hydrogen-bond donors (Lipinski definition) is 2. The average molecular weight is 444 g/mol. The highest BCUT2D eigenvalue weighted by molar-refractivity contribution is 14.0. The number of carbonyl (C=O) groups excluding carboxylic acids is 1. The maximum atomic E-state index is 12.1. The molecular weight excluding hydrogens is 415 g/mol. The second-order valence-corrected chi connectivity index (χ2v) is 6.36. The lowest BCUT2D eigenvalue weighted by Crippen LogP contribution is -2.36. The second kappa shape index (κ2) is 10.5. The van der Waals surface area contributed by atoms with Gasteiger partial charge in [-0.25, -0.2) is 0 Å². The van der Waals surface area contributed by atoms with Crippen molar-refractivity contribution in [2.24, 2.45) is 10.7 Å². The molecule has 1 aliphatic heterocycles. The van der Waals surface area contributed by atoms with Crippen LogP contribution < -0.4 is 11.1 Å². The van der Waals surface area contributed by atoms with Crippen molar-refractivity contribution in [3.63, 3.8) is 0 Å². The van der Waals surface area contributed by atoms with Gasteiger partial charge in [-0.05, 0) is 42.9 Å². The summed E-state index contributed by atoms with van der Waals surface area (Å²) in [4.78, 5) is 18.3. The Morgan fingerprint density at radius 3 is 2.67 bits per heavy atom. The number of anilines is 1. The molecule has 3 N–H and O–H groups in total. The zero-order chi connectivity index (χ0) is 16.7. The van der Waals surface area contributed by atoms with Gasteiger partial charge in [-0.15, -0.1) is 24.0 Å². The van der Waals surface area contributed by atoms with Crippen molar-refractivity contribution in [2.75, 3.05) is 25.0 Å². The van der Waals surface area contributed by atoms with Crippen molar-refractivity contribution < 1.29 is 4.79 Å². The average Bonchev–Trinajstić information content (AvgIpc) is 2.55. The predicted octanol–water partition coefficient (Wildman–Crippen LogP) is 3.56. The van der Waals surface area contributed by atoms with E-state index in [9.17, 15) is 4.79 Å². The first-order valence-electron chi connectivity index (χ1n) is 8.51. The Morgan fingerprint density at radius 1 is 1.29 bits per heavy atom. The molecule has 1 aromatic rings. The van der Waals surface area contributed by atoms with Crippen molar-refractivity contribution in [1.29, 1.82) is 0 Å². The zero-order valence-electron chi connectivity index (χ0n) is 14.6. The number of halogens is 1. The van der Waals surface area contributed by atoms with Crippen molar-refractivity contribution in [3.8, 4) is 0 Å². The van der Waals surface area contributed by atoms with Crippen LogP contribution in [0.25, 0.3) is 0 Å². The fourth-order valence-electron chi connectivity index (χ4n) is 2.74. The molecule has 0 unspecified atom stereocenters. The Labute approximate surface area is 162 Å². The van der Waals surface area contributed by atoms with Gasteiger partial charge in [0.05, 0.1) is 6.54 Å². The van der Waals surface area contributed by atoms with E-state index in [1.807, 2.05) is 17.0 Å². The van der Waals surface area contributed by atoms with Crippen LogP contribution in [0.15, 0.2) is 29.3 Å². The van der Waals surface area contributed by atoms with Gasteiger partial charge in [0.1, 0.15) is 0 Å². The van der Waals surface area contributed by atoms with Crippen LogP contribution in [0.2, 0.25) is 0 Å². The van der Waals surface area contributed by atoms with Crippen LogP contribution in [0, 0.1) is 0 Å². The lowest BCUT2D eigenvalue weighted by molar-refractivity contribution is -0.131. The smallest absolute Gasteiger partial charge is 0.224 e. The van der Waals surface area contributed by atoms with Gasteiger partial charge in [-0.3, -0.25) is 9.79 Å². The Balaban J connectivity index is 0.00000288. The Bertz CT molecular complexity index is 554. The molecule has 1 heterocycles. The largest absolute Gasteiger partial charge is 0.370 e. The van der Waals surface area contributed by atoms with Gasteiger partial charge in [0.25, 0.3) is 0 Å². The molecule has 2 rings (SSSR count). The second-order valence-electron chi connectivity index (χ2n) is 6.36. The summed E-state index contributed by atoms with van der Waals surface area (Å²) in [6, 6.07) is 8.14. The Kier molecular flexibility index (Phi) is 9.10. The van der Waals surface area contributed by atoms with Crippen LogP contribution in [0.4, 0.5) is 5.69 Å².